The number of nitrogens with zero attached hydrogens (tertiary/aromatic N) is 4. The van der Waals surface area contributed by atoms with Crippen molar-refractivity contribution in [1.82, 2.24) is 20.1 Å². The van der Waals surface area contributed by atoms with Crippen molar-refractivity contribution in [2.75, 3.05) is 40.8 Å². The summed E-state index contributed by atoms with van der Waals surface area (Å²) >= 11 is 1.65. The van der Waals surface area contributed by atoms with Gasteiger partial charge in [0.25, 0.3) is 0 Å². The van der Waals surface area contributed by atoms with Gasteiger partial charge in [-0.15, -0.1) is 35.3 Å². The highest BCUT2D eigenvalue weighted by Crippen LogP contribution is 2.18. The van der Waals surface area contributed by atoms with E-state index in [9.17, 15) is 4.79 Å². The van der Waals surface area contributed by atoms with Crippen molar-refractivity contribution in [3.8, 4) is 0 Å². The Morgan fingerprint density at radius 3 is 2.78 bits per heavy atom. The zero-order chi connectivity index (χ0) is 18.9. The molecular formula is C18H28IN5O2S. The predicted molar refractivity (Wildman–Crippen MR) is 120 cm³/mol. The number of hydrogen-bond acceptors (Lipinski definition) is 5. The molecule has 0 bridgehead atoms. The molecule has 0 saturated carbocycles. The Morgan fingerprint density at radius 1 is 1.41 bits per heavy atom. The first-order valence-corrected chi connectivity index (χ1v) is 9.46. The number of aliphatic imine (C=N–C) groups is 1. The number of likely N-dealkylation sites (N-methyl/N-ethyl adjacent to an activating group) is 2. The quantitative estimate of drug-likeness (QED) is 0.339. The Hall–Kier alpha value is -1.62. The number of guanidine groups is 1. The second-order valence-electron chi connectivity index (χ2n) is 6.34. The van der Waals surface area contributed by atoms with Gasteiger partial charge in [0.05, 0.1) is 11.3 Å². The molecule has 0 spiro atoms. The monoisotopic (exact) mass is 505 g/mol. The van der Waals surface area contributed by atoms with Crippen molar-refractivity contribution >= 4 is 47.2 Å². The van der Waals surface area contributed by atoms with E-state index in [0.717, 1.165) is 23.7 Å². The molecule has 2 heterocycles. The number of nitrogens with one attached hydrogen (secondary N) is 1. The lowest BCUT2D eigenvalue weighted by molar-refractivity contribution is -0.127. The van der Waals surface area contributed by atoms with Crippen LogP contribution in [-0.2, 0) is 11.2 Å². The summed E-state index contributed by atoms with van der Waals surface area (Å²) < 4.78 is 5.36. The largest absolute Gasteiger partial charge is 0.469 e. The van der Waals surface area contributed by atoms with Gasteiger partial charge in [0.1, 0.15) is 12.3 Å². The first-order valence-electron chi connectivity index (χ1n) is 8.58. The summed E-state index contributed by atoms with van der Waals surface area (Å²) in [6, 6.07) is 3.82. The van der Waals surface area contributed by atoms with Crippen LogP contribution in [0.5, 0.6) is 0 Å². The molecule has 1 amide bonds. The van der Waals surface area contributed by atoms with Gasteiger partial charge in [-0.1, -0.05) is 6.92 Å². The molecule has 1 N–H and O–H groups in total. The Morgan fingerprint density at radius 2 is 2.19 bits per heavy atom. The molecule has 0 aliphatic carbocycles. The normalized spacial score (nSPS) is 12.2. The van der Waals surface area contributed by atoms with E-state index in [4.69, 9.17) is 4.42 Å². The maximum absolute atomic E-state index is 11.9. The van der Waals surface area contributed by atoms with Crippen LogP contribution in [0, 0.1) is 0 Å². The minimum Gasteiger partial charge on any atom is -0.469 e. The summed E-state index contributed by atoms with van der Waals surface area (Å²) in [5.41, 5.74) is 0. The summed E-state index contributed by atoms with van der Waals surface area (Å²) in [4.78, 5) is 24.3. The molecule has 0 aliphatic rings. The zero-order valence-corrected chi connectivity index (χ0v) is 19.4. The van der Waals surface area contributed by atoms with Gasteiger partial charge < -0.3 is 19.5 Å². The summed E-state index contributed by atoms with van der Waals surface area (Å²) in [7, 11) is 5.44. The summed E-state index contributed by atoms with van der Waals surface area (Å²) in [6.45, 7) is 3.70. The van der Waals surface area contributed by atoms with Crippen molar-refractivity contribution in [3.63, 3.8) is 0 Å². The average molecular weight is 505 g/mol. The molecule has 0 saturated heterocycles. The van der Waals surface area contributed by atoms with Crippen molar-refractivity contribution in [2.45, 2.75) is 19.3 Å². The number of halogens is 1. The highest BCUT2D eigenvalue weighted by molar-refractivity contribution is 14.0. The van der Waals surface area contributed by atoms with Crippen LogP contribution in [0.4, 0.5) is 0 Å². The van der Waals surface area contributed by atoms with Crippen LogP contribution in [0.15, 0.2) is 39.4 Å². The van der Waals surface area contributed by atoms with Crippen LogP contribution in [0.25, 0.3) is 0 Å². The van der Waals surface area contributed by atoms with E-state index >= 15 is 0 Å². The first kappa shape index (κ1) is 23.4. The van der Waals surface area contributed by atoms with Gasteiger partial charge in [-0.05, 0) is 12.1 Å². The summed E-state index contributed by atoms with van der Waals surface area (Å²) in [6.07, 6.45) is 4.24. The van der Waals surface area contributed by atoms with E-state index in [1.54, 1.807) is 36.6 Å². The highest BCUT2D eigenvalue weighted by Gasteiger charge is 2.15. The third-order valence-electron chi connectivity index (χ3n) is 3.88. The van der Waals surface area contributed by atoms with Gasteiger partial charge in [0.15, 0.2) is 5.96 Å². The van der Waals surface area contributed by atoms with E-state index in [2.05, 4.69) is 22.2 Å². The summed E-state index contributed by atoms with van der Waals surface area (Å²) in [5.74, 6) is 1.87. The topological polar surface area (TPSA) is 74.0 Å². The van der Waals surface area contributed by atoms with Crippen LogP contribution >= 0.6 is 35.3 Å². The number of aromatic nitrogens is 1. The number of carbonyl (C=O) groups is 1. The van der Waals surface area contributed by atoms with Gasteiger partial charge in [-0.25, -0.2) is 9.98 Å². The Kier molecular flexibility index (Phi) is 10.4. The minimum absolute atomic E-state index is 0. The third kappa shape index (κ3) is 7.87. The van der Waals surface area contributed by atoms with Crippen molar-refractivity contribution in [3.05, 3.63) is 40.7 Å². The van der Waals surface area contributed by atoms with Gasteiger partial charge in [-0.2, -0.15) is 0 Å². The molecule has 27 heavy (non-hydrogen) atoms. The van der Waals surface area contributed by atoms with Gasteiger partial charge in [0.2, 0.25) is 5.91 Å². The SMILES string of the molecule is CC(CN(C)C(=NCC(=O)N(C)C)NCCc1ccco1)c1nccs1.I. The Labute approximate surface area is 181 Å². The van der Waals surface area contributed by atoms with E-state index in [-0.39, 0.29) is 42.3 Å². The number of rotatable bonds is 8. The molecule has 0 fully saturated rings. The molecule has 1 unspecified atom stereocenters. The Bertz CT molecular complexity index is 689. The van der Waals surface area contributed by atoms with Crippen LogP contribution in [0.3, 0.4) is 0 Å². The lowest BCUT2D eigenvalue weighted by atomic mass is 10.2. The van der Waals surface area contributed by atoms with Gasteiger partial charge in [-0.3, -0.25) is 4.79 Å². The fourth-order valence-corrected chi connectivity index (χ4v) is 3.09. The fraction of sp³-hybridized carbons (Fsp3) is 0.500. The van der Waals surface area contributed by atoms with Gasteiger partial charge in [0, 0.05) is 58.1 Å². The molecule has 1 atom stereocenters. The van der Waals surface area contributed by atoms with Gasteiger partial charge >= 0.3 is 0 Å². The number of amides is 1. The highest BCUT2D eigenvalue weighted by atomic mass is 127. The predicted octanol–water partition coefficient (Wildman–Crippen LogP) is 2.67. The molecule has 2 aromatic heterocycles. The second-order valence-corrected chi connectivity index (χ2v) is 7.26. The maximum Gasteiger partial charge on any atom is 0.243 e. The third-order valence-corrected chi connectivity index (χ3v) is 4.89. The Balaban J connectivity index is 0.00000364. The van der Waals surface area contributed by atoms with E-state index in [1.165, 1.54) is 0 Å². The van der Waals surface area contributed by atoms with Crippen LogP contribution in [0.1, 0.15) is 23.6 Å². The van der Waals surface area contributed by atoms with Crippen molar-refractivity contribution in [1.29, 1.82) is 0 Å². The zero-order valence-electron chi connectivity index (χ0n) is 16.2. The van der Waals surface area contributed by atoms with E-state index in [0.29, 0.717) is 12.5 Å². The number of furan rings is 1. The molecule has 0 aliphatic heterocycles. The van der Waals surface area contributed by atoms with Crippen molar-refractivity contribution < 1.29 is 9.21 Å². The second kappa shape index (κ2) is 12.0. The van der Waals surface area contributed by atoms with Crippen LogP contribution in [0.2, 0.25) is 0 Å². The molecule has 7 nitrogen and oxygen atoms in total. The maximum atomic E-state index is 11.9. The number of carbonyl (C=O) groups excluding carboxylic acids is 1. The molecule has 2 rings (SSSR count). The minimum atomic E-state index is -0.0308. The summed E-state index contributed by atoms with van der Waals surface area (Å²) in [5, 5.41) is 6.41. The smallest absolute Gasteiger partial charge is 0.243 e. The molecule has 0 aromatic carbocycles. The van der Waals surface area contributed by atoms with Crippen LogP contribution in [-0.4, -0.2) is 67.4 Å². The molecular weight excluding hydrogens is 477 g/mol. The number of hydrogen-bond donors (Lipinski definition) is 1. The van der Waals surface area contributed by atoms with E-state index in [1.807, 2.05) is 35.7 Å². The first-order chi connectivity index (χ1) is 12.5. The number of thiazole rings is 1. The molecule has 150 valence electrons. The van der Waals surface area contributed by atoms with E-state index < -0.39 is 0 Å². The van der Waals surface area contributed by atoms with Crippen LogP contribution < -0.4 is 5.32 Å². The fourth-order valence-electron chi connectivity index (χ4n) is 2.40. The molecule has 0 radical (unpaired) electrons. The average Bonchev–Trinajstić information content (AvgIpc) is 3.30. The molecule has 2 aromatic rings. The molecule has 9 heteroatoms. The van der Waals surface area contributed by atoms with Crippen molar-refractivity contribution in [2.24, 2.45) is 4.99 Å². The lowest BCUT2D eigenvalue weighted by Gasteiger charge is -2.25. The lowest BCUT2D eigenvalue weighted by Crippen LogP contribution is -2.42. The standard InChI is InChI=1S/C18H27N5O2S.HI/c1-14(17-19-9-11-26-17)13-23(4)18(21-12-16(24)22(2)3)20-8-7-15-6-5-10-25-15;/h5-6,9-11,14H,7-8,12-13H2,1-4H3,(H,20,21);1H.